The maximum atomic E-state index is 12.2. The van der Waals surface area contributed by atoms with Crippen molar-refractivity contribution in [3.05, 3.63) is 30.2 Å². The van der Waals surface area contributed by atoms with Crippen LogP contribution in [0.1, 0.15) is 31.6 Å². The van der Waals surface area contributed by atoms with E-state index in [4.69, 9.17) is 4.42 Å². The molecule has 1 fully saturated rings. The number of halogens is 3. The van der Waals surface area contributed by atoms with Gasteiger partial charge in [0.25, 0.3) is 5.91 Å². The predicted molar refractivity (Wildman–Crippen MR) is 84.0 cm³/mol. The molecule has 0 radical (unpaired) electrons. The Bertz CT molecular complexity index is 703. The molecule has 8 heteroatoms. The average molecular weight is 356 g/mol. The van der Waals surface area contributed by atoms with Crippen molar-refractivity contribution in [3.8, 4) is 0 Å². The summed E-state index contributed by atoms with van der Waals surface area (Å²) in [5.74, 6) is 0.331. The van der Waals surface area contributed by atoms with Gasteiger partial charge in [-0.25, -0.2) is 4.98 Å². The summed E-state index contributed by atoms with van der Waals surface area (Å²) in [5, 5.41) is 0. The summed E-state index contributed by atoms with van der Waals surface area (Å²) in [6.45, 7) is 0.824. The highest BCUT2D eigenvalue weighted by Crippen LogP contribution is 2.30. The monoisotopic (exact) mass is 356 g/mol. The van der Waals surface area contributed by atoms with E-state index < -0.39 is 24.8 Å². The van der Waals surface area contributed by atoms with Crippen LogP contribution in [0.2, 0.25) is 0 Å². The lowest BCUT2D eigenvalue weighted by Gasteiger charge is -2.32. The van der Waals surface area contributed by atoms with Gasteiger partial charge in [-0.15, -0.1) is 0 Å². The summed E-state index contributed by atoms with van der Waals surface area (Å²) >= 11 is 0. The Morgan fingerprint density at radius 3 is 2.68 bits per heavy atom. The molecule has 0 bridgehead atoms. The Morgan fingerprint density at radius 2 is 2.04 bits per heavy atom. The topological polar surface area (TPSA) is 55.6 Å². The lowest BCUT2D eigenvalue weighted by atomic mass is 9.96. The largest absolute Gasteiger partial charge is 0.440 e. The van der Waals surface area contributed by atoms with Gasteiger partial charge in [0.1, 0.15) is 18.2 Å². The molecule has 1 aromatic carbocycles. The number of fused-ring (bicyclic) bond motifs is 1. The Labute approximate surface area is 142 Å². The van der Waals surface area contributed by atoms with Gasteiger partial charge in [0.15, 0.2) is 11.5 Å². The number of benzene rings is 1. The van der Waals surface area contributed by atoms with Gasteiger partial charge in [0.05, 0.1) is 0 Å². The van der Waals surface area contributed by atoms with E-state index in [0.717, 1.165) is 11.1 Å². The van der Waals surface area contributed by atoms with Gasteiger partial charge in [-0.05, 0) is 31.9 Å². The van der Waals surface area contributed by atoms with Gasteiger partial charge < -0.3 is 14.1 Å². The van der Waals surface area contributed by atoms with Crippen LogP contribution in [0.4, 0.5) is 13.2 Å². The van der Waals surface area contributed by atoms with Gasteiger partial charge in [-0.3, -0.25) is 4.79 Å². The van der Waals surface area contributed by atoms with Crippen LogP contribution in [-0.2, 0) is 9.53 Å². The molecule has 1 aliphatic heterocycles. The molecule has 1 atom stereocenters. The van der Waals surface area contributed by atoms with Gasteiger partial charge >= 0.3 is 6.18 Å². The Kier molecular flexibility index (Phi) is 4.99. The van der Waals surface area contributed by atoms with E-state index >= 15 is 0 Å². The lowest BCUT2D eigenvalue weighted by molar-refractivity contribution is -0.188. The maximum absolute atomic E-state index is 12.2. The Hall–Kier alpha value is -2.09. The zero-order valence-electron chi connectivity index (χ0n) is 13.8. The first-order chi connectivity index (χ1) is 11.8. The number of hydrogen-bond acceptors (Lipinski definition) is 4. The van der Waals surface area contributed by atoms with Crippen LogP contribution >= 0.6 is 0 Å². The summed E-state index contributed by atoms with van der Waals surface area (Å²) < 4.78 is 46.9. The summed E-state index contributed by atoms with van der Waals surface area (Å²) in [7, 11) is 0. The minimum Gasteiger partial charge on any atom is -0.440 e. The first-order valence-corrected chi connectivity index (χ1v) is 8.16. The highest BCUT2D eigenvalue weighted by Gasteiger charge is 2.33. The number of ether oxygens (including phenoxy) is 1. The van der Waals surface area contributed by atoms with Crippen molar-refractivity contribution in [2.24, 2.45) is 0 Å². The van der Waals surface area contributed by atoms with Crippen LogP contribution < -0.4 is 0 Å². The molecular formula is C17H19F3N2O3. The third kappa shape index (κ3) is 4.31. The molecule has 5 nitrogen and oxygen atoms in total. The Morgan fingerprint density at radius 1 is 1.36 bits per heavy atom. The minimum absolute atomic E-state index is 0.0999. The van der Waals surface area contributed by atoms with Crippen molar-refractivity contribution in [1.82, 2.24) is 9.88 Å². The van der Waals surface area contributed by atoms with Crippen LogP contribution in [0.5, 0.6) is 0 Å². The minimum atomic E-state index is -4.44. The number of carbonyl (C=O) groups is 1. The molecule has 2 heterocycles. The zero-order valence-corrected chi connectivity index (χ0v) is 13.8. The fraction of sp³-hybridized carbons (Fsp3) is 0.529. The molecule has 1 aliphatic rings. The SMILES string of the molecule is CC(OCC(F)(F)F)C(=O)N1CCC(c2nc3ccccc3o2)CC1. The number of alkyl halides is 3. The number of nitrogens with zero attached hydrogens (tertiary/aromatic N) is 2. The van der Waals surface area contributed by atoms with Crippen molar-refractivity contribution >= 4 is 17.0 Å². The second-order valence-corrected chi connectivity index (χ2v) is 6.19. The Balaban J connectivity index is 1.55. The van der Waals surface area contributed by atoms with E-state index in [2.05, 4.69) is 9.72 Å². The smallest absolute Gasteiger partial charge is 0.411 e. The quantitative estimate of drug-likeness (QED) is 0.841. The van der Waals surface area contributed by atoms with Gasteiger partial charge in [-0.2, -0.15) is 13.2 Å². The van der Waals surface area contributed by atoms with Gasteiger partial charge in [0, 0.05) is 19.0 Å². The highest BCUT2D eigenvalue weighted by molar-refractivity contribution is 5.80. The number of hydrogen-bond donors (Lipinski definition) is 0. The second kappa shape index (κ2) is 7.03. The highest BCUT2D eigenvalue weighted by atomic mass is 19.4. The van der Waals surface area contributed by atoms with E-state index in [0.29, 0.717) is 31.8 Å². The summed E-state index contributed by atoms with van der Waals surface area (Å²) in [5.41, 5.74) is 1.52. The standard InChI is InChI=1S/C17H19F3N2O3/c1-11(24-10-17(18,19)20)16(23)22-8-6-12(7-9-22)15-21-13-4-2-3-5-14(13)25-15/h2-5,11-12H,6-10H2,1H3. The van der Waals surface area contributed by atoms with Crippen molar-refractivity contribution in [2.75, 3.05) is 19.7 Å². The van der Waals surface area contributed by atoms with Gasteiger partial charge in [-0.1, -0.05) is 12.1 Å². The number of oxazole rings is 1. The molecular weight excluding hydrogens is 337 g/mol. The fourth-order valence-electron chi connectivity index (χ4n) is 2.96. The average Bonchev–Trinajstić information content (AvgIpc) is 3.02. The number of likely N-dealkylation sites (tertiary alicyclic amines) is 1. The molecule has 0 saturated carbocycles. The van der Waals surface area contributed by atoms with Crippen LogP contribution in [0, 0.1) is 0 Å². The molecule has 25 heavy (non-hydrogen) atoms. The first kappa shape index (κ1) is 17.7. The van der Waals surface area contributed by atoms with Crippen molar-refractivity contribution in [2.45, 2.75) is 38.0 Å². The molecule has 1 aromatic heterocycles. The predicted octanol–water partition coefficient (Wildman–Crippen LogP) is 3.50. The number of aromatic nitrogens is 1. The fourth-order valence-corrected chi connectivity index (χ4v) is 2.96. The van der Waals surface area contributed by atoms with Crippen LogP contribution in [0.15, 0.2) is 28.7 Å². The molecule has 1 amide bonds. The van der Waals surface area contributed by atoms with Gasteiger partial charge in [0.2, 0.25) is 0 Å². The van der Waals surface area contributed by atoms with E-state index in [9.17, 15) is 18.0 Å². The van der Waals surface area contributed by atoms with Crippen LogP contribution in [-0.4, -0.2) is 47.8 Å². The molecule has 2 aromatic rings. The lowest BCUT2D eigenvalue weighted by Crippen LogP contribution is -2.44. The number of amides is 1. The maximum Gasteiger partial charge on any atom is 0.411 e. The second-order valence-electron chi connectivity index (χ2n) is 6.19. The zero-order chi connectivity index (χ0) is 18.0. The summed E-state index contributed by atoms with van der Waals surface area (Å²) in [4.78, 5) is 18.2. The van der Waals surface area contributed by atoms with Crippen molar-refractivity contribution < 1.29 is 27.1 Å². The first-order valence-electron chi connectivity index (χ1n) is 8.16. The molecule has 1 unspecified atom stereocenters. The summed E-state index contributed by atoms with van der Waals surface area (Å²) in [6, 6.07) is 7.49. The molecule has 3 rings (SSSR count). The molecule has 1 saturated heterocycles. The third-order valence-electron chi connectivity index (χ3n) is 4.31. The molecule has 0 spiro atoms. The summed E-state index contributed by atoms with van der Waals surface area (Å²) in [6.07, 6.45) is -4.23. The third-order valence-corrected chi connectivity index (χ3v) is 4.31. The number of rotatable bonds is 4. The van der Waals surface area contributed by atoms with E-state index in [-0.39, 0.29) is 5.92 Å². The van der Waals surface area contributed by atoms with E-state index in [1.807, 2.05) is 24.3 Å². The molecule has 136 valence electrons. The number of piperidine rings is 1. The normalized spacial score (nSPS) is 17.8. The number of carbonyl (C=O) groups excluding carboxylic acids is 1. The molecule has 0 N–H and O–H groups in total. The van der Waals surface area contributed by atoms with Crippen LogP contribution in [0.3, 0.4) is 0 Å². The molecule has 0 aliphatic carbocycles. The van der Waals surface area contributed by atoms with Crippen LogP contribution in [0.25, 0.3) is 11.1 Å². The van der Waals surface area contributed by atoms with Crippen molar-refractivity contribution in [3.63, 3.8) is 0 Å². The van der Waals surface area contributed by atoms with E-state index in [1.54, 1.807) is 4.90 Å². The van der Waals surface area contributed by atoms with E-state index in [1.165, 1.54) is 6.92 Å². The van der Waals surface area contributed by atoms with Crippen molar-refractivity contribution in [1.29, 1.82) is 0 Å². The number of para-hydroxylation sites is 2.